The minimum Gasteiger partial charge on any atom is -0.327 e. The molecule has 0 saturated heterocycles. The van der Waals surface area contributed by atoms with Crippen molar-refractivity contribution in [2.24, 2.45) is 5.73 Å². The number of benzene rings is 1. The third kappa shape index (κ3) is 1.28. The van der Waals surface area contributed by atoms with Crippen LogP contribution in [0.25, 0.3) is 4.85 Å². The van der Waals surface area contributed by atoms with Gasteiger partial charge in [0.05, 0.1) is 0 Å². The standard InChI is InChI=1S/C11H11FN2/c1-14-11(6-10(13)7-11)8-2-4-9(12)5-3-8/h2-5,10H,6-7,13H2. The molecule has 2 nitrogen and oxygen atoms in total. The van der Waals surface area contributed by atoms with Crippen LogP contribution < -0.4 is 5.73 Å². The summed E-state index contributed by atoms with van der Waals surface area (Å²) in [6.45, 7) is 7.16. The van der Waals surface area contributed by atoms with Gasteiger partial charge in [-0.2, -0.15) is 0 Å². The van der Waals surface area contributed by atoms with Crippen molar-refractivity contribution in [3.05, 3.63) is 47.1 Å². The van der Waals surface area contributed by atoms with Gasteiger partial charge in [-0.25, -0.2) is 11.0 Å². The SMILES string of the molecule is [C-]#[N+]C1(c2ccc(F)cc2)CC(N)C1. The van der Waals surface area contributed by atoms with E-state index >= 15 is 0 Å². The van der Waals surface area contributed by atoms with Crippen molar-refractivity contribution in [3.8, 4) is 0 Å². The monoisotopic (exact) mass is 190 g/mol. The van der Waals surface area contributed by atoms with E-state index in [0.717, 1.165) is 5.56 Å². The zero-order valence-corrected chi connectivity index (χ0v) is 7.70. The zero-order chi connectivity index (χ0) is 10.2. The van der Waals surface area contributed by atoms with Gasteiger partial charge >= 0.3 is 0 Å². The van der Waals surface area contributed by atoms with Gasteiger partial charge in [0, 0.05) is 24.4 Å². The summed E-state index contributed by atoms with van der Waals surface area (Å²) in [5, 5.41) is 0. The van der Waals surface area contributed by atoms with Crippen molar-refractivity contribution in [3.63, 3.8) is 0 Å². The summed E-state index contributed by atoms with van der Waals surface area (Å²) < 4.78 is 12.7. The highest BCUT2D eigenvalue weighted by molar-refractivity contribution is 5.32. The summed E-state index contributed by atoms with van der Waals surface area (Å²) in [4.78, 5) is 3.62. The maximum Gasteiger partial charge on any atom is 0.260 e. The molecule has 2 N–H and O–H groups in total. The molecule has 1 aliphatic rings. The molecule has 0 radical (unpaired) electrons. The first kappa shape index (κ1) is 9.17. The molecule has 0 heterocycles. The number of halogens is 1. The normalized spacial score (nSPS) is 30.5. The minimum absolute atomic E-state index is 0.120. The molecule has 2 rings (SSSR count). The second-order valence-electron chi connectivity index (χ2n) is 3.82. The Kier molecular flexibility index (Phi) is 2.01. The van der Waals surface area contributed by atoms with E-state index < -0.39 is 5.54 Å². The lowest BCUT2D eigenvalue weighted by Gasteiger charge is -2.35. The topological polar surface area (TPSA) is 30.4 Å². The third-order valence-corrected chi connectivity index (χ3v) is 2.80. The van der Waals surface area contributed by atoms with Gasteiger partial charge in [0.15, 0.2) is 0 Å². The van der Waals surface area contributed by atoms with Crippen molar-refractivity contribution in [1.82, 2.24) is 0 Å². The van der Waals surface area contributed by atoms with Gasteiger partial charge in [0.25, 0.3) is 5.54 Å². The molecule has 0 atom stereocenters. The summed E-state index contributed by atoms with van der Waals surface area (Å²) >= 11 is 0. The average molecular weight is 190 g/mol. The van der Waals surface area contributed by atoms with Crippen LogP contribution in [-0.2, 0) is 5.54 Å². The summed E-state index contributed by atoms with van der Waals surface area (Å²) in [5.41, 5.74) is 6.09. The Labute approximate surface area is 82.4 Å². The van der Waals surface area contributed by atoms with E-state index in [1.54, 1.807) is 12.1 Å². The first-order chi connectivity index (χ1) is 6.66. The van der Waals surface area contributed by atoms with E-state index in [9.17, 15) is 4.39 Å². The molecule has 0 bridgehead atoms. The Bertz CT molecular complexity index is 371. The zero-order valence-electron chi connectivity index (χ0n) is 7.70. The second-order valence-corrected chi connectivity index (χ2v) is 3.82. The van der Waals surface area contributed by atoms with E-state index in [2.05, 4.69) is 4.85 Å². The molecule has 1 aliphatic carbocycles. The van der Waals surface area contributed by atoms with Crippen LogP contribution in [0.5, 0.6) is 0 Å². The van der Waals surface area contributed by atoms with Crippen LogP contribution in [0.2, 0.25) is 0 Å². The van der Waals surface area contributed by atoms with Gasteiger partial charge in [0.2, 0.25) is 0 Å². The van der Waals surface area contributed by atoms with Crippen LogP contribution >= 0.6 is 0 Å². The Morgan fingerprint density at radius 3 is 2.36 bits per heavy atom. The molecule has 1 aromatic rings. The third-order valence-electron chi connectivity index (χ3n) is 2.80. The van der Waals surface area contributed by atoms with Crippen LogP contribution in [0.4, 0.5) is 4.39 Å². The van der Waals surface area contributed by atoms with Crippen LogP contribution in [0.3, 0.4) is 0 Å². The first-order valence-corrected chi connectivity index (χ1v) is 4.56. The maximum absolute atomic E-state index is 12.7. The van der Waals surface area contributed by atoms with Crippen molar-refractivity contribution in [2.75, 3.05) is 0 Å². The number of hydrogen-bond acceptors (Lipinski definition) is 1. The molecule has 1 aromatic carbocycles. The molecule has 0 aliphatic heterocycles. The lowest BCUT2D eigenvalue weighted by Crippen LogP contribution is -2.47. The van der Waals surface area contributed by atoms with Gasteiger partial charge in [-0.3, -0.25) is 0 Å². The van der Waals surface area contributed by atoms with Crippen molar-refractivity contribution < 1.29 is 4.39 Å². The van der Waals surface area contributed by atoms with Crippen molar-refractivity contribution in [1.29, 1.82) is 0 Å². The molecule has 0 spiro atoms. The number of hydrogen-bond donors (Lipinski definition) is 1. The molecular formula is C11H11FN2. The fraction of sp³-hybridized carbons (Fsp3) is 0.364. The van der Waals surface area contributed by atoms with Gasteiger partial charge in [0.1, 0.15) is 5.82 Å². The Hall–Kier alpha value is -1.40. The highest BCUT2D eigenvalue weighted by Gasteiger charge is 2.50. The molecule has 1 saturated carbocycles. The number of nitrogens with two attached hydrogens (primary N) is 1. The fourth-order valence-corrected chi connectivity index (χ4v) is 1.96. The molecule has 0 aromatic heterocycles. The number of rotatable bonds is 1. The van der Waals surface area contributed by atoms with E-state index in [1.165, 1.54) is 12.1 Å². The lowest BCUT2D eigenvalue weighted by atomic mass is 9.69. The minimum atomic E-state index is -0.479. The smallest absolute Gasteiger partial charge is 0.260 e. The van der Waals surface area contributed by atoms with Crippen LogP contribution in [0.1, 0.15) is 18.4 Å². The maximum atomic E-state index is 12.7. The Morgan fingerprint density at radius 1 is 1.36 bits per heavy atom. The van der Waals surface area contributed by atoms with Crippen LogP contribution in [0.15, 0.2) is 24.3 Å². The van der Waals surface area contributed by atoms with E-state index in [0.29, 0.717) is 12.8 Å². The fourth-order valence-electron chi connectivity index (χ4n) is 1.96. The van der Waals surface area contributed by atoms with Crippen LogP contribution in [0, 0.1) is 12.4 Å². The highest BCUT2D eigenvalue weighted by atomic mass is 19.1. The molecule has 14 heavy (non-hydrogen) atoms. The van der Waals surface area contributed by atoms with Crippen molar-refractivity contribution >= 4 is 0 Å². The van der Waals surface area contributed by atoms with Gasteiger partial charge in [-0.15, -0.1) is 0 Å². The predicted octanol–water partition coefficient (Wildman–Crippen LogP) is 2.06. The van der Waals surface area contributed by atoms with Gasteiger partial charge < -0.3 is 10.6 Å². The lowest BCUT2D eigenvalue weighted by molar-refractivity contribution is 0.259. The average Bonchev–Trinajstić information content (AvgIpc) is 2.14. The molecule has 1 fully saturated rings. The number of nitrogens with zero attached hydrogens (tertiary/aromatic N) is 1. The summed E-state index contributed by atoms with van der Waals surface area (Å²) in [6, 6.07) is 6.27. The molecule has 0 amide bonds. The van der Waals surface area contributed by atoms with Gasteiger partial charge in [-0.1, -0.05) is 0 Å². The molecule has 3 heteroatoms. The largest absolute Gasteiger partial charge is 0.327 e. The Balaban J connectivity index is 2.31. The first-order valence-electron chi connectivity index (χ1n) is 4.56. The van der Waals surface area contributed by atoms with Crippen molar-refractivity contribution in [2.45, 2.75) is 24.4 Å². The molecule has 0 unspecified atom stereocenters. The quantitative estimate of drug-likeness (QED) is 0.675. The summed E-state index contributed by atoms with van der Waals surface area (Å²) in [6.07, 6.45) is 1.37. The van der Waals surface area contributed by atoms with E-state index in [1.807, 2.05) is 0 Å². The summed E-state index contributed by atoms with van der Waals surface area (Å²) in [7, 11) is 0. The molecular weight excluding hydrogens is 179 g/mol. The van der Waals surface area contributed by atoms with Crippen LogP contribution in [-0.4, -0.2) is 6.04 Å². The predicted molar refractivity (Wildman–Crippen MR) is 51.9 cm³/mol. The summed E-state index contributed by atoms with van der Waals surface area (Å²) in [5.74, 6) is -0.266. The molecule has 72 valence electrons. The Morgan fingerprint density at radius 2 is 1.93 bits per heavy atom. The van der Waals surface area contributed by atoms with E-state index in [4.69, 9.17) is 12.3 Å². The van der Waals surface area contributed by atoms with Gasteiger partial charge in [-0.05, 0) is 24.3 Å². The van der Waals surface area contributed by atoms with E-state index in [-0.39, 0.29) is 11.9 Å². The second kappa shape index (κ2) is 3.07. The highest BCUT2D eigenvalue weighted by Crippen LogP contribution is 2.44.